The van der Waals surface area contributed by atoms with Gasteiger partial charge in [0.25, 0.3) is 0 Å². The first kappa shape index (κ1) is 88.0. The van der Waals surface area contributed by atoms with Gasteiger partial charge < -0.3 is 9.13 Å². The topological polar surface area (TPSA) is 34.1 Å². The molecular formula is C131H102O2P2Si4. The van der Waals surface area contributed by atoms with Crippen molar-refractivity contribution >= 4 is 161 Å². The summed E-state index contributed by atoms with van der Waals surface area (Å²) >= 11 is 0. The van der Waals surface area contributed by atoms with Crippen LogP contribution in [0.25, 0.3) is 33.4 Å². The maximum Gasteiger partial charge on any atom is 0.182 e. The molecule has 0 N–H and O–H groups in total. The molecule has 5 aliphatic rings. The summed E-state index contributed by atoms with van der Waals surface area (Å²) in [5.74, 6) is 0. The molecule has 2 spiro atoms. The highest BCUT2D eigenvalue weighted by atomic mass is 31.2. The highest BCUT2D eigenvalue weighted by molar-refractivity contribution is 7.85. The van der Waals surface area contributed by atoms with Crippen molar-refractivity contribution in [3.8, 4) is 33.4 Å². The van der Waals surface area contributed by atoms with Crippen LogP contribution in [0, 0.1) is 0 Å². The maximum absolute atomic E-state index is 15.2. The van der Waals surface area contributed by atoms with E-state index >= 15 is 9.13 Å². The molecule has 4 aliphatic heterocycles. The molecule has 0 unspecified atom stereocenters. The van der Waals surface area contributed by atoms with E-state index in [4.69, 9.17) is 0 Å². The van der Waals surface area contributed by atoms with Gasteiger partial charge in [-0.25, -0.2) is 0 Å². The molecular weight excluding hydrogens is 1780 g/mol. The minimum absolute atomic E-state index is 0.382. The molecule has 1 aliphatic carbocycles. The SMILES string of the molecule is CC1(C)c2cc(P(=O)(c3ccccc3)c3ccccc3)ccc2-c2ccc(P(=O)(c3ccccc3)c3ccccc3)cc21.c1ccc([Si](c2ccccc2)(c2ccccc2)c2cccc([Si](c3ccccc3)(c3ccccc3)c3ccccc3)c2)cc1.c1ccc2c(c1)-c1ccccc1[Si]21c2ccccc2-c2ccccc21.c1ccc2c(c1)Cc1ccccc1[Si]21c2ccccc2Cc2ccccc21. The fraction of sp³-hybridized carbons (Fsp3) is 0.0382. The summed E-state index contributed by atoms with van der Waals surface area (Å²) in [5, 5.41) is 28.6. The van der Waals surface area contributed by atoms with Gasteiger partial charge in [0, 0.05) is 37.2 Å². The first-order valence-corrected chi connectivity index (χ1v) is 59.8. The highest BCUT2D eigenvalue weighted by Crippen LogP contribution is 2.53. The lowest BCUT2D eigenvalue weighted by Crippen LogP contribution is -2.79. The van der Waals surface area contributed by atoms with Gasteiger partial charge in [-0.05, 0) is 175 Å². The van der Waals surface area contributed by atoms with Gasteiger partial charge in [0.05, 0.1) is 0 Å². The van der Waals surface area contributed by atoms with Gasteiger partial charge in [-0.3, -0.25) is 0 Å². The Morgan fingerprint density at radius 3 is 0.619 bits per heavy atom. The predicted molar refractivity (Wildman–Crippen MR) is 600 cm³/mol. The zero-order valence-corrected chi connectivity index (χ0v) is 83.5. The van der Waals surface area contributed by atoms with Crippen LogP contribution in [-0.2, 0) is 27.4 Å². The molecule has 26 rings (SSSR count). The number of rotatable bonds is 14. The summed E-state index contributed by atoms with van der Waals surface area (Å²) < 4.78 is 30.3. The smallest absolute Gasteiger partial charge is 0.182 e. The third-order valence-corrected chi connectivity index (χ3v) is 56.0. The molecule has 0 saturated carbocycles. The Hall–Kier alpha value is -15.1. The van der Waals surface area contributed by atoms with E-state index in [1.54, 1.807) is 41.5 Å². The standard InChI is InChI=1S/C42H34Si2.C39H32O2P2.C26H20Si.C24H16Si/c1-7-20-35(21-8-1)43(36-22-9-2-10-23-36,37-24-11-3-12-25-37)41-32-19-33-42(34-41)44(38-26-13-4-14-27-38,39-28-15-5-16-29-39)40-30-17-6-18-31-40;1-39(2)37-27-33(42(40,29-15-7-3-8-16-29)30-17-9-4-10-18-30)23-25-35(37)36-26-24-34(28-38(36)39)43(41,31-19-11-5-12-20-31)32-21-13-6-14-22-32;1-5-13-23-19(9-1)17-20-10-2-6-14-24(20)27(23)25-15-7-3-11-21(25)18-22-12-4-8-16-26(22)27;1-5-13-21-17(9-1)18-10-2-6-14-22(18)25(21)23-15-7-3-11-19(23)20-12-4-8-16-24(20)25/h1-34H;3-28H,1-2H3;1-16H,17-18H2;1-16H. The molecule has 0 aromatic heterocycles. The highest BCUT2D eigenvalue weighted by Gasteiger charge is 2.55. The lowest BCUT2D eigenvalue weighted by atomic mass is 9.82. The van der Waals surface area contributed by atoms with Crippen molar-refractivity contribution in [1.29, 1.82) is 0 Å². The quantitative estimate of drug-likeness (QED) is 0.0618. The molecule has 8 heteroatoms. The van der Waals surface area contributed by atoms with Gasteiger partial charge in [0.1, 0.15) is 0 Å². The zero-order valence-electron chi connectivity index (χ0n) is 77.7. The van der Waals surface area contributed by atoms with Crippen LogP contribution in [0.3, 0.4) is 0 Å². The number of fused-ring (bicyclic) bond motifs is 21. The van der Waals surface area contributed by atoms with Gasteiger partial charge in [-0.2, -0.15) is 0 Å². The average molecular weight is 1880 g/mol. The molecule has 0 fully saturated rings. The molecule has 21 aromatic carbocycles. The van der Waals surface area contributed by atoms with Crippen LogP contribution >= 0.6 is 14.3 Å². The van der Waals surface area contributed by atoms with Crippen LogP contribution in [0.15, 0.2) is 558 Å². The molecule has 664 valence electrons. The van der Waals surface area contributed by atoms with Crippen molar-refractivity contribution in [3.05, 3.63) is 591 Å². The van der Waals surface area contributed by atoms with Crippen LogP contribution in [0.2, 0.25) is 0 Å². The molecule has 0 amide bonds. The van der Waals surface area contributed by atoms with Crippen molar-refractivity contribution in [2.75, 3.05) is 0 Å². The van der Waals surface area contributed by atoms with E-state index in [2.05, 4.69) is 438 Å². The van der Waals surface area contributed by atoms with Crippen molar-refractivity contribution in [2.45, 2.75) is 32.1 Å². The van der Waals surface area contributed by atoms with Gasteiger partial charge in [0.15, 0.2) is 46.6 Å². The molecule has 0 atom stereocenters. The van der Waals surface area contributed by atoms with Gasteiger partial charge >= 0.3 is 0 Å². The van der Waals surface area contributed by atoms with Crippen molar-refractivity contribution in [3.63, 3.8) is 0 Å². The second-order valence-electron chi connectivity index (χ2n) is 37.6. The predicted octanol–water partition coefficient (Wildman–Crippen LogP) is 17.6. The van der Waals surface area contributed by atoms with Crippen LogP contribution in [0.1, 0.15) is 47.2 Å². The maximum atomic E-state index is 15.2. The third-order valence-electron chi connectivity index (χ3n) is 30.2. The summed E-state index contributed by atoms with van der Waals surface area (Å²) in [4.78, 5) is 0. The van der Waals surface area contributed by atoms with Gasteiger partial charge in [-0.1, -0.05) is 560 Å². The molecule has 0 radical (unpaired) electrons. The average Bonchev–Trinajstić information content (AvgIpc) is 1.55. The normalized spacial score (nSPS) is 13.6. The van der Waals surface area contributed by atoms with Crippen molar-refractivity contribution < 1.29 is 9.13 Å². The van der Waals surface area contributed by atoms with E-state index in [1.807, 2.05) is 133 Å². The van der Waals surface area contributed by atoms with Crippen LogP contribution in [0.5, 0.6) is 0 Å². The van der Waals surface area contributed by atoms with Crippen molar-refractivity contribution in [1.82, 2.24) is 0 Å². The summed E-state index contributed by atoms with van der Waals surface area (Å²) in [6.07, 6.45) is 2.09. The van der Waals surface area contributed by atoms with E-state index in [0.29, 0.717) is 0 Å². The van der Waals surface area contributed by atoms with Crippen LogP contribution in [-0.4, -0.2) is 32.3 Å². The van der Waals surface area contributed by atoms with Gasteiger partial charge in [0.2, 0.25) is 0 Å². The van der Waals surface area contributed by atoms with E-state index in [-0.39, 0.29) is 5.41 Å². The molecule has 139 heavy (non-hydrogen) atoms. The summed E-state index contributed by atoms with van der Waals surface area (Å²) in [5.41, 5.74) is 15.9. The lowest BCUT2D eigenvalue weighted by Gasteiger charge is -2.44. The Morgan fingerprint density at radius 1 is 0.180 bits per heavy atom. The second kappa shape index (κ2) is 36.8. The third kappa shape index (κ3) is 14.4. The lowest BCUT2D eigenvalue weighted by molar-refractivity contribution is 0.591. The fourth-order valence-corrected chi connectivity index (χ4v) is 50.6. The number of hydrogen-bond acceptors (Lipinski definition) is 2. The Morgan fingerprint density at radius 2 is 0.374 bits per heavy atom. The van der Waals surface area contributed by atoms with Crippen LogP contribution in [0.4, 0.5) is 0 Å². The zero-order chi connectivity index (χ0) is 93.6. The van der Waals surface area contributed by atoms with E-state index in [0.717, 1.165) is 66.9 Å². The Kier molecular flexibility index (Phi) is 23.3. The first-order valence-electron chi connectivity index (χ1n) is 48.4. The molecule has 21 aromatic rings. The van der Waals surface area contributed by atoms with E-state index < -0.39 is 46.6 Å². The van der Waals surface area contributed by atoms with Crippen molar-refractivity contribution in [2.24, 2.45) is 0 Å². The Balaban J connectivity index is 0.000000106. The molecule has 2 nitrogen and oxygen atoms in total. The second-order valence-corrected chi connectivity index (χ2v) is 58.1. The monoisotopic (exact) mass is 1880 g/mol. The summed E-state index contributed by atoms with van der Waals surface area (Å²) in [6, 6.07) is 202. The largest absolute Gasteiger partial charge is 0.309 e. The summed E-state index contributed by atoms with van der Waals surface area (Å²) in [6.45, 7) is 4.44. The van der Waals surface area contributed by atoms with E-state index in [1.165, 1.54) is 86.0 Å². The molecule has 4 heterocycles. The minimum atomic E-state index is -3.12. The first-order chi connectivity index (χ1) is 68.5. The number of hydrogen-bond donors (Lipinski definition) is 0. The van der Waals surface area contributed by atoms with Crippen LogP contribution < -0.4 is 115 Å². The van der Waals surface area contributed by atoms with E-state index in [9.17, 15) is 0 Å². The molecule has 0 saturated heterocycles. The Bertz CT molecular complexity index is 7270. The summed E-state index contributed by atoms with van der Waals surface area (Å²) in [7, 11) is -16.0. The minimum Gasteiger partial charge on any atom is -0.309 e. The fourth-order valence-electron chi connectivity index (χ4n) is 24.2. The molecule has 0 bridgehead atoms. The number of benzene rings is 21. The Labute approximate surface area is 820 Å². The van der Waals surface area contributed by atoms with Gasteiger partial charge in [-0.15, -0.1) is 0 Å².